The Kier molecular flexibility index (Phi) is 3.60. The Morgan fingerprint density at radius 2 is 1.90 bits per heavy atom. The summed E-state index contributed by atoms with van der Waals surface area (Å²) < 4.78 is 18.9. The lowest BCUT2D eigenvalue weighted by Gasteiger charge is -2.08. The highest BCUT2D eigenvalue weighted by Crippen LogP contribution is 2.32. The van der Waals surface area contributed by atoms with Crippen molar-refractivity contribution in [3.8, 4) is 11.5 Å². The van der Waals surface area contributed by atoms with Crippen molar-refractivity contribution in [3.63, 3.8) is 0 Å². The molecule has 0 saturated heterocycles. The molecule has 2 aromatic carbocycles. The SMILES string of the molecule is Nc1cc(Oc2ccc(C=O)cc2)c(F)cc1[N+](=O)[O-]. The molecule has 0 atom stereocenters. The number of ether oxygens (including phenoxy) is 1. The largest absolute Gasteiger partial charge is 0.454 e. The molecule has 0 fully saturated rings. The van der Waals surface area contributed by atoms with Crippen LogP contribution in [0.3, 0.4) is 0 Å². The zero-order valence-corrected chi connectivity index (χ0v) is 10.1. The maximum Gasteiger partial charge on any atom is 0.295 e. The Morgan fingerprint density at radius 3 is 2.45 bits per heavy atom. The number of benzene rings is 2. The molecule has 7 heteroatoms. The standard InChI is InChI=1S/C13H9FN2O4/c14-10-5-12(16(18)19)11(15)6-13(10)20-9-3-1-8(7-17)2-4-9/h1-7H,15H2. The summed E-state index contributed by atoms with van der Waals surface area (Å²) in [5, 5.41) is 10.6. The summed E-state index contributed by atoms with van der Waals surface area (Å²) >= 11 is 0. The number of nitrogens with two attached hydrogens (primary N) is 1. The fraction of sp³-hybridized carbons (Fsp3) is 0. The fourth-order valence-electron chi connectivity index (χ4n) is 1.54. The predicted molar refractivity (Wildman–Crippen MR) is 69.4 cm³/mol. The predicted octanol–water partition coefficient (Wildman–Crippen LogP) is 2.92. The first kappa shape index (κ1) is 13.5. The second-order valence-corrected chi connectivity index (χ2v) is 3.89. The molecule has 0 aliphatic rings. The third-order valence-electron chi connectivity index (χ3n) is 2.52. The summed E-state index contributed by atoms with van der Waals surface area (Å²) in [5.74, 6) is -0.847. The van der Waals surface area contributed by atoms with Crippen LogP contribution in [0.2, 0.25) is 0 Å². The number of carbonyl (C=O) groups is 1. The Morgan fingerprint density at radius 1 is 1.25 bits per heavy atom. The summed E-state index contributed by atoms with van der Waals surface area (Å²) in [6, 6.07) is 7.68. The van der Waals surface area contributed by atoms with E-state index >= 15 is 0 Å². The lowest BCUT2D eigenvalue weighted by molar-refractivity contribution is -0.384. The molecule has 0 saturated carbocycles. The van der Waals surface area contributed by atoms with Gasteiger partial charge in [-0.15, -0.1) is 0 Å². The van der Waals surface area contributed by atoms with Crippen LogP contribution in [0, 0.1) is 15.9 Å². The number of hydrogen-bond acceptors (Lipinski definition) is 5. The molecule has 0 aliphatic heterocycles. The van der Waals surface area contributed by atoms with Gasteiger partial charge in [0.15, 0.2) is 11.6 Å². The van der Waals surface area contributed by atoms with Crippen molar-refractivity contribution >= 4 is 17.7 Å². The van der Waals surface area contributed by atoms with E-state index in [4.69, 9.17) is 10.5 Å². The molecule has 0 heterocycles. The van der Waals surface area contributed by atoms with Crippen LogP contribution in [0.4, 0.5) is 15.8 Å². The van der Waals surface area contributed by atoms with Crippen molar-refractivity contribution in [1.82, 2.24) is 0 Å². The number of nitro benzene ring substituents is 1. The summed E-state index contributed by atoms with van der Waals surface area (Å²) in [7, 11) is 0. The van der Waals surface area contributed by atoms with Gasteiger partial charge in [0, 0.05) is 11.6 Å². The van der Waals surface area contributed by atoms with Crippen molar-refractivity contribution in [3.05, 3.63) is 57.9 Å². The van der Waals surface area contributed by atoms with Gasteiger partial charge in [-0.25, -0.2) is 4.39 Å². The Hall–Kier alpha value is -2.96. The smallest absolute Gasteiger partial charge is 0.295 e. The minimum Gasteiger partial charge on any atom is -0.454 e. The highest BCUT2D eigenvalue weighted by molar-refractivity contribution is 5.74. The van der Waals surface area contributed by atoms with Crippen molar-refractivity contribution in [1.29, 1.82) is 0 Å². The number of halogens is 1. The topological polar surface area (TPSA) is 95.5 Å². The second-order valence-electron chi connectivity index (χ2n) is 3.89. The number of nitro groups is 1. The average molecular weight is 276 g/mol. The van der Waals surface area contributed by atoms with Gasteiger partial charge in [-0.2, -0.15) is 0 Å². The lowest BCUT2D eigenvalue weighted by atomic mass is 10.2. The molecule has 102 valence electrons. The van der Waals surface area contributed by atoms with Crippen molar-refractivity contribution in [2.24, 2.45) is 0 Å². The van der Waals surface area contributed by atoms with Crippen LogP contribution in [0.5, 0.6) is 11.5 Å². The van der Waals surface area contributed by atoms with Crippen molar-refractivity contribution < 1.29 is 18.8 Å². The van der Waals surface area contributed by atoms with Gasteiger partial charge in [-0.1, -0.05) is 0 Å². The summed E-state index contributed by atoms with van der Waals surface area (Å²) in [5.41, 5.74) is 5.18. The molecule has 0 aromatic heterocycles. The zero-order chi connectivity index (χ0) is 14.7. The molecule has 2 N–H and O–H groups in total. The molecule has 0 aliphatic carbocycles. The number of nitrogen functional groups attached to an aromatic ring is 1. The number of aldehydes is 1. The molecule has 0 amide bonds. The normalized spacial score (nSPS) is 10.1. The molecule has 2 rings (SSSR count). The third kappa shape index (κ3) is 2.72. The van der Waals surface area contributed by atoms with E-state index in [0.717, 1.165) is 6.07 Å². The summed E-state index contributed by atoms with van der Waals surface area (Å²) in [4.78, 5) is 20.3. The van der Waals surface area contributed by atoms with Gasteiger partial charge in [0.1, 0.15) is 17.7 Å². The van der Waals surface area contributed by atoms with E-state index < -0.39 is 16.4 Å². The Bertz CT molecular complexity index is 671. The summed E-state index contributed by atoms with van der Waals surface area (Å²) in [6.45, 7) is 0. The molecule has 6 nitrogen and oxygen atoms in total. The highest BCUT2D eigenvalue weighted by atomic mass is 19.1. The molecule has 0 radical (unpaired) electrons. The molecular weight excluding hydrogens is 267 g/mol. The van der Waals surface area contributed by atoms with Crippen LogP contribution in [0.25, 0.3) is 0 Å². The van der Waals surface area contributed by atoms with Crippen LogP contribution in [0.15, 0.2) is 36.4 Å². The van der Waals surface area contributed by atoms with Crippen LogP contribution in [-0.2, 0) is 0 Å². The average Bonchev–Trinajstić information content (AvgIpc) is 2.43. The van der Waals surface area contributed by atoms with Gasteiger partial charge in [-0.05, 0) is 24.3 Å². The Labute approximate surface area is 112 Å². The fourth-order valence-corrected chi connectivity index (χ4v) is 1.54. The Balaban J connectivity index is 2.31. The maximum absolute atomic E-state index is 13.7. The number of nitrogens with zero attached hydrogens (tertiary/aromatic N) is 1. The monoisotopic (exact) mass is 276 g/mol. The lowest BCUT2D eigenvalue weighted by Crippen LogP contribution is -1.98. The molecule has 0 spiro atoms. The van der Waals surface area contributed by atoms with Crippen LogP contribution >= 0.6 is 0 Å². The van der Waals surface area contributed by atoms with Crippen LogP contribution in [-0.4, -0.2) is 11.2 Å². The van der Waals surface area contributed by atoms with Crippen LogP contribution < -0.4 is 10.5 Å². The van der Waals surface area contributed by atoms with Crippen molar-refractivity contribution in [2.75, 3.05) is 5.73 Å². The van der Waals surface area contributed by atoms with E-state index in [9.17, 15) is 19.3 Å². The second kappa shape index (κ2) is 5.35. The number of hydrogen-bond donors (Lipinski definition) is 1. The minimum absolute atomic E-state index is 0.198. The van der Waals surface area contributed by atoms with E-state index in [-0.39, 0.29) is 17.2 Å². The molecule has 0 unspecified atom stereocenters. The van der Waals surface area contributed by atoms with E-state index in [2.05, 4.69) is 0 Å². The van der Waals surface area contributed by atoms with Gasteiger partial charge in [0.05, 0.1) is 11.0 Å². The molecule has 0 bridgehead atoms. The van der Waals surface area contributed by atoms with E-state index in [1.807, 2.05) is 0 Å². The molecule has 20 heavy (non-hydrogen) atoms. The molecule has 2 aromatic rings. The zero-order valence-electron chi connectivity index (χ0n) is 10.1. The van der Waals surface area contributed by atoms with Gasteiger partial charge in [-0.3, -0.25) is 14.9 Å². The van der Waals surface area contributed by atoms with Gasteiger partial charge < -0.3 is 10.5 Å². The highest BCUT2D eigenvalue weighted by Gasteiger charge is 2.17. The van der Waals surface area contributed by atoms with Gasteiger partial charge in [0.2, 0.25) is 0 Å². The van der Waals surface area contributed by atoms with Crippen LogP contribution in [0.1, 0.15) is 10.4 Å². The quantitative estimate of drug-likeness (QED) is 0.401. The number of carbonyl (C=O) groups excluding carboxylic acids is 1. The van der Waals surface area contributed by atoms with E-state index in [1.165, 1.54) is 24.3 Å². The van der Waals surface area contributed by atoms with Gasteiger partial charge in [0.25, 0.3) is 5.69 Å². The molecular formula is C13H9FN2O4. The van der Waals surface area contributed by atoms with E-state index in [1.54, 1.807) is 0 Å². The first-order valence-electron chi connectivity index (χ1n) is 5.48. The third-order valence-corrected chi connectivity index (χ3v) is 2.52. The number of anilines is 1. The summed E-state index contributed by atoms with van der Waals surface area (Å²) in [6.07, 6.45) is 0.661. The minimum atomic E-state index is -0.898. The van der Waals surface area contributed by atoms with Gasteiger partial charge >= 0.3 is 0 Å². The number of rotatable bonds is 4. The first-order chi connectivity index (χ1) is 9.51. The maximum atomic E-state index is 13.7. The first-order valence-corrected chi connectivity index (χ1v) is 5.48. The van der Waals surface area contributed by atoms with E-state index in [0.29, 0.717) is 17.9 Å². The van der Waals surface area contributed by atoms with Crippen molar-refractivity contribution in [2.45, 2.75) is 0 Å².